The van der Waals surface area contributed by atoms with Gasteiger partial charge < -0.3 is 15.7 Å². The summed E-state index contributed by atoms with van der Waals surface area (Å²) < 4.78 is 14.4. The first-order valence-electron chi connectivity index (χ1n) is 10.9. The molecule has 172 valence electrons. The molecule has 2 aromatic rings. The molecule has 8 nitrogen and oxygen atoms in total. The quantitative estimate of drug-likeness (QED) is 0.619. The molecule has 0 spiro atoms. The number of amidine groups is 1. The standard InChI is InChI=1S/C23H24FN5O3S/c1-12-14(3-2-4-16(12)24)19-18(23(31)32)17(27-20(28-19)22-25-6-8-33-22)11-29-7-5-15-13(10-29)9-26-21(15)30/h2-4,6,8,13,15,19H,5,7,9-11H2,1H3,(H,26,30)(H,27,28)(H,31,32)/t13-,15-,19+/m1/s1. The maximum absolute atomic E-state index is 14.4. The minimum absolute atomic E-state index is 0.0311. The summed E-state index contributed by atoms with van der Waals surface area (Å²) in [5, 5.41) is 18.8. The topological polar surface area (TPSA) is 107 Å². The summed E-state index contributed by atoms with van der Waals surface area (Å²) in [4.78, 5) is 35.6. The summed E-state index contributed by atoms with van der Waals surface area (Å²) in [6, 6.07) is 3.80. The van der Waals surface area contributed by atoms with Gasteiger partial charge in [-0.05, 0) is 37.1 Å². The van der Waals surface area contributed by atoms with Gasteiger partial charge in [0, 0.05) is 48.7 Å². The lowest BCUT2D eigenvalue weighted by molar-refractivity contribution is -0.133. The van der Waals surface area contributed by atoms with Crippen molar-refractivity contribution < 1.29 is 19.1 Å². The van der Waals surface area contributed by atoms with Gasteiger partial charge in [0.15, 0.2) is 10.8 Å². The number of piperidine rings is 1. The van der Waals surface area contributed by atoms with Crippen molar-refractivity contribution in [1.82, 2.24) is 20.5 Å². The van der Waals surface area contributed by atoms with Crippen LogP contribution in [0.15, 0.2) is 46.0 Å². The fraction of sp³-hybridized carbons (Fsp3) is 0.391. The highest BCUT2D eigenvalue weighted by Gasteiger charge is 2.40. The summed E-state index contributed by atoms with van der Waals surface area (Å²) >= 11 is 1.40. The van der Waals surface area contributed by atoms with Crippen molar-refractivity contribution in [1.29, 1.82) is 0 Å². The molecule has 0 bridgehead atoms. The van der Waals surface area contributed by atoms with Crippen molar-refractivity contribution in [3.05, 3.63) is 63.0 Å². The van der Waals surface area contributed by atoms with Gasteiger partial charge in [-0.2, -0.15) is 0 Å². The normalized spacial score (nSPS) is 25.3. The number of amides is 1. The van der Waals surface area contributed by atoms with Crippen molar-refractivity contribution in [2.75, 3.05) is 26.2 Å². The Balaban J connectivity index is 1.53. The Kier molecular flexibility index (Phi) is 5.71. The van der Waals surface area contributed by atoms with E-state index < -0.39 is 17.8 Å². The van der Waals surface area contributed by atoms with Gasteiger partial charge in [0.05, 0.1) is 5.57 Å². The zero-order valence-corrected chi connectivity index (χ0v) is 18.9. The molecule has 0 radical (unpaired) electrons. The molecule has 2 fully saturated rings. The Morgan fingerprint density at radius 2 is 2.24 bits per heavy atom. The van der Waals surface area contributed by atoms with Crippen LogP contribution in [0.4, 0.5) is 4.39 Å². The van der Waals surface area contributed by atoms with E-state index in [9.17, 15) is 19.1 Å². The second-order valence-corrected chi connectivity index (χ2v) is 9.52. The van der Waals surface area contributed by atoms with Crippen LogP contribution >= 0.6 is 11.3 Å². The number of fused-ring (bicyclic) bond motifs is 1. The van der Waals surface area contributed by atoms with Gasteiger partial charge in [-0.15, -0.1) is 11.3 Å². The lowest BCUT2D eigenvalue weighted by Crippen LogP contribution is -2.45. The van der Waals surface area contributed by atoms with Gasteiger partial charge >= 0.3 is 5.97 Å². The first-order chi connectivity index (χ1) is 15.9. The predicted octanol–water partition coefficient (Wildman–Crippen LogP) is 2.09. The minimum atomic E-state index is -1.10. The number of nitrogens with one attached hydrogen (secondary N) is 2. The third-order valence-electron chi connectivity index (χ3n) is 6.67. The third kappa shape index (κ3) is 4.04. The Labute approximate surface area is 194 Å². The smallest absolute Gasteiger partial charge is 0.335 e. The van der Waals surface area contributed by atoms with Gasteiger partial charge in [-0.1, -0.05) is 12.1 Å². The lowest BCUT2D eigenvalue weighted by Gasteiger charge is -2.35. The maximum atomic E-state index is 14.4. The Morgan fingerprint density at radius 1 is 1.39 bits per heavy atom. The van der Waals surface area contributed by atoms with E-state index in [1.807, 2.05) is 5.38 Å². The number of carbonyl (C=O) groups excluding carboxylic acids is 1. The van der Waals surface area contributed by atoms with Gasteiger partial charge in [-0.25, -0.2) is 14.2 Å². The summed E-state index contributed by atoms with van der Waals surface area (Å²) in [5.41, 5.74) is 1.52. The number of carboxylic acid groups (broad SMARTS) is 1. The van der Waals surface area contributed by atoms with Gasteiger partial charge in [-0.3, -0.25) is 14.7 Å². The molecule has 3 N–H and O–H groups in total. The Hall–Kier alpha value is -3.11. The first kappa shape index (κ1) is 21.7. The molecule has 4 heterocycles. The van der Waals surface area contributed by atoms with E-state index in [0.717, 1.165) is 6.42 Å². The highest BCUT2D eigenvalue weighted by atomic mass is 32.1. The number of aromatic nitrogens is 1. The summed E-state index contributed by atoms with van der Waals surface area (Å²) in [7, 11) is 0. The number of likely N-dealkylation sites (tertiary alicyclic amines) is 1. The molecule has 1 amide bonds. The molecule has 5 rings (SSSR count). The molecular weight excluding hydrogens is 445 g/mol. The molecule has 1 aromatic carbocycles. The van der Waals surface area contributed by atoms with Crippen molar-refractivity contribution in [3.8, 4) is 0 Å². The highest BCUT2D eigenvalue weighted by Crippen LogP contribution is 2.35. The molecular formula is C23H24FN5O3S. The summed E-state index contributed by atoms with van der Waals surface area (Å²) in [6.07, 6.45) is 2.41. The lowest BCUT2D eigenvalue weighted by atomic mass is 9.87. The molecule has 3 aliphatic heterocycles. The minimum Gasteiger partial charge on any atom is -0.478 e. The van der Waals surface area contributed by atoms with Crippen LogP contribution in [-0.2, 0) is 9.59 Å². The monoisotopic (exact) mass is 469 g/mol. The van der Waals surface area contributed by atoms with Gasteiger partial charge in [0.2, 0.25) is 5.91 Å². The fourth-order valence-corrected chi connectivity index (χ4v) is 5.54. The molecule has 3 aliphatic rings. The zero-order valence-electron chi connectivity index (χ0n) is 18.0. The number of rotatable bonds is 5. The van der Waals surface area contributed by atoms with Crippen LogP contribution < -0.4 is 10.6 Å². The fourth-order valence-electron chi connectivity index (χ4n) is 4.96. The van der Waals surface area contributed by atoms with E-state index in [2.05, 4.69) is 25.5 Å². The number of benzene rings is 1. The van der Waals surface area contributed by atoms with Crippen LogP contribution in [0, 0.1) is 24.6 Å². The van der Waals surface area contributed by atoms with Crippen molar-refractivity contribution in [3.63, 3.8) is 0 Å². The van der Waals surface area contributed by atoms with Crippen molar-refractivity contribution in [2.45, 2.75) is 19.4 Å². The Bertz CT molecular complexity index is 1160. The second-order valence-electron chi connectivity index (χ2n) is 8.63. The number of aliphatic imine (C=N–C) groups is 1. The van der Waals surface area contributed by atoms with Crippen LogP contribution in [0.5, 0.6) is 0 Å². The molecule has 0 unspecified atom stereocenters. The highest BCUT2D eigenvalue weighted by molar-refractivity contribution is 7.11. The van der Waals surface area contributed by atoms with Crippen molar-refractivity contribution >= 4 is 29.0 Å². The number of carbonyl (C=O) groups is 2. The molecule has 2 saturated heterocycles. The number of nitrogens with zero attached hydrogens (tertiary/aromatic N) is 3. The zero-order chi connectivity index (χ0) is 23.1. The molecule has 33 heavy (non-hydrogen) atoms. The molecule has 0 saturated carbocycles. The number of aliphatic carboxylic acids is 1. The molecule has 1 aromatic heterocycles. The number of carboxylic acids is 1. The van der Waals surface area contributed by atoms with Crippen LogP contribution in [-0.4, -0.2) is 58.9 Å². The van der Waals surface area contributed by atoms with Gasteiger partial charge in [0.1, 0.15) is 11.9 Å². The number of halogens is 1. The average molecular weight is 470 g/mol. The molecule has 3 atom stereocenters. The first-order valence-corrected chi connectivity index (χ1v) is 11.8. The summed E-state index contributed by atoms with van der Waals surface area (Å²) in [5.74, 6) is -0.655. The second kappa shape index (κ2) is 8.68. The van der Waals surface area contributed by atoms with Crippen LogP contribution in [0.1, 0.15) is 28.6 Å². The van der Waals surface area contributed by atoms with E-state index in [4.69, 9.17) is 0 Å². The Morgan fingerprint density at radius 3 is 3.00 bits per heavy atom. The number of hydrogen-bond acceptors (Lipinski definition) is 7. The largest absolute Gasteiger partial charge is 0.478 e. The number of hydrogen-bond donors (Lipinski definition) is 3. The van der Waals surface area contributed by atoms with Crippen LogP contribution in [0.2, 0.25) is 0 Å². The molecule has 0 aliphatic carbocycles. The third-order valence-corrected chi connectivity index (χ3v) is 7.45. The van der Waals surface area contributed by atoms with Crippen LogP contribution in [0.3, 0.4) is 0 Å². The summed E-state index contributed by atoms with van der Waals surface area (Å²) in [6.45, 7) is 4.05. The number of thiazole rings is 1. The van der Waals surface area contributed by atoms with Crippen LogP contribution in [0.25, 0.3) is 0 Å². The van der Waals surface area contributed by atoms with Crippen molar-refractivity contribution in [2.24, 2.45) is 16.8 Å². The van der Waals surface area contributed by atoms with E-state index in [1.54, 1.807) is 25.3 Å². The van der Waals surface area contributed by atoms with E-state index in [1.165, 1.54) is 17.4 Å². The van der Waals surface area contributed by atoms with E-state index >= 15 is 0 Å². The average Bonchev–Trinajstić information content (AvgIpc) is 3.45. The molecule has 10 heteroatoms. The van der Waals surface area contributed by atoms with E-state index in [-0.39, 0.29) is 23.3 Å². The predicted molar refractivity (Wildman–Crippen MR) is 121 cm³/mol. The maximum Gasteiger partial charge on any atom is 0.335 e. The SMILES string of the molecule is Cc1c(F)cccc1[C@@H]1N=C(c2nccs2)NC(CN2CC[C@H]3C(=O)NC[C@@H]3C2)=C1C(=O)O. The van der Waals surface area contributed by atoms with E-state index in [0.29, 0.717) is 53.8 Å². The van der Waals surface area contributed by atoms with Gasteiger partial charge in [0.25, 0.3) is 0 Å².